The van der Waals surface area contributed by atoms with Gasteiger partial charge in [-0.3, -0.25) is 4.57 Å². The van der Waals surface area contributed by atoms with E-state index < -0.39 is 0 Å². The highest BCUT2D eigenvalue weighted by molar-refractivity contribution is 5.76. The van der Waals surface area contributed by atoms with Crippen molar-refractivity contribution >= 4 is 11.2 Å². The molecule has 5 heteroatoms. The lowest BCUT2D eigenvalue weighted by Crippen LogP contribution is -2.19. The number of aromatic nitrogens is 3. The molecule has 0 saturated carbocycles. The Morgan fingerprint density at radius 1 is 1.24 bits per heavy atom. The third-order valence-corrected chi connectivity index (χ3v) is 3.85. The number of hydrogen-bond donors (Lipinski definition) is 0. The average molecular weight is 283 g/mol. The van der Waals surface area contributed by atoms with Gasteiger partial charge in [0.1, 0.15) is 17.5 Å². The molecule has 1 saturated heterocycles. The molecule has 3 aromatic rings. The minimum Gasteiger partial charge on any atom is -0.458 e. The Hall–Kier alpha value is -2.14. The summed E-state index contributed by atoms with van der Waals surface area (Å²) >= 11 is 0. The van der Waals surface area contributed by atoms with Gasteiger partial charge in [-0.15, -0.1) is 0 Å². The van der Waals surface area contributed by atoms with Gasteiger partial charge < -0.3 is 9.15 Å². The van der Waals surface area contributed by atoms with Crippen LogP contribution in [0.1, 0.15) is 31.3 Å². The Morgan fingerprint density at radius 2 is 2.19 bits per heavy atom. The van der Waals surface area contributed by atoms with E-state index in [1.165, 1.54) is 0 Å². The van der Waals surface area contributed by atoms with Crippen LogP contribution in [0, 0.1) is 6.92 Å². The standard InChI is InChI=1S/C16H17N3O2/c1-11-7-8-13(21-11)16-18-12-5-4-9-17-15(12)19(16)14-6-2-3-10-20-14/h4-5,7-9,14H,2-3,6,10H2,1H3. The van der Waals surface area contributed by atoms with Crippen LogP contribution in [0.25, 0.3) is 22.7 Å². The summed E-state index contributed by atoms with van der Waals surface area (Å²) < 4.78 is 13.8. The average Bonchev–Trinajstić information content (AvgIpc) is 3.11. The van der Waals surface area contributed by atoms with Crippen molar-refractivity contribution in [2.45, 2.75) is 32.4 Å². The van der Waals surface area contributed by atoms with Crippen molar-refractivity contribution in [3.05, 3.63) is 36.2 Å². The number of furan rings is 1. The zero-order chi connectivity index (χ0) is 14.2. The molecule has 4 rings (SSSR count). The predicted molar refractivity (Wildman–Crippen MR) is 78.8 cm³/mol. The Kier molecular flexibility index (Phi) is 3.00. The van der Waals surface area contributed by atoms with Gasteiger partial charge in [0.05, 0.1) is 0 Å². The van der Waals surface area contributed by atoms with Gasteiger partial charge in [-0.05, 0) is 50.5 Å². The van der Waals surface area contributed by atoms with Gasteiger partial charge in [0, 0.05) is 12.8 Å². The second-order valence-electron chi connectivity index (χ2n) is 5.38. The van der Waals surface area contributed by atoms with Crippen LogP contribution in [0.5, 0.6) is 0 Å². The smallest absolute Gasteiger partial charge is 0.180 e. The van der Waals surface area contributed by atoms with E-state index in [1.54, 1.807) is 6.20 Å². The molecular formula is C16H17N3O2. The van der Waals surface area contributed by atoms with E-state index in [2.05, 4.69) is 9.55 Å². The highest BCUT2D eigenvalue weighted by Crippen LogP contribution is 2.32. The molecule has 3 aromatic heterocycles. The van der Waals surface area contributed by atoms with Gasteiger partial charge in [-0.2, -0.15) is 0 Å². The SMILES string of the molecule is Cc1ccc(-c2nc3cccnc3n2C2CCCCO2)o1. The minimum absolute atomic E-state index is 0.0148. The Balaban J connectivity index is 1.92. The van der Waals surface area contributed by atoms with Crippen LogP contribution >= 0.6 is 0 Å². The first-order valence-electron chi connectivity index (χ1n) is 7.34. The molecule has 0 radical (unpaired) electrons. The molecule has 0 bridgehead atoms. The van der Waals surface area contributed by atoms with Gasteiger partial charge in [0.2, 0.25) is 0 Å². The second-order valence-corrected chi connectivity index (χ2v) is 5.38. The van der Waals surface area contributed by atoms with E-state index in [0.29, 0.717) is 0 Å². The van der Waals surface area contributed by atoms with E-state index in [1.807, 2.05) is 31.2 Å². The Labute approximate surface area is 122 Å². The maximum Gasteiger partial charge on any atom is 0.180 e. The summed E-state index contributed by atoms with van der Waals surface area (Å²) in [6.45, 7) is 2.72. The largest absolute Gasteiger partial charge is 0.458 e. The predicted octanol–water partition coefficient (Wildman–Crippen LogP) is 3.70. The minimum atomic E-state index is -0.0148. The number of ether oxygens (including phenoxy) is 1. The summed E-state index contributed by atoms with van der Waals surface area (Å²) in [5.41, 5.74) is 1.73. The van der Waals surface area contributed by atoms with Crippen LogP contribution in [0.15, 0.2) is 34.9 Å². The topological polar surface area (TPSA) is 53.1 Å². The Bertz CT molecular complexity index is 769. The number of fused-ring (bicyclic) bond motifs is 1. The zero-order valence-electron chi connectivity index (χ0n) is 12.0. The molecular weight excluding hydrogens is 266 g/mol. The number of nitrogens with zero attached hydrogens (tertiary/aromatic N) is 3. The monoisotopic (exact) mass is 283 g/mol. The lowest BCUT2D eigenvalue weighted by molar-refractivity contribution is -0.0289. The Morgan fingerprint density at radius 3 is 2.95 bits per heavy atom. The van der Waals surface area contributed by atoms with E-state index in [0.717, 1.165) is 54.4 Å². The molecule has 21 heavy (non-hydrogen) atoms. The van der Waals surface area contributed by atoms with Crippen molar-refractivity contribution in [2.75, 3.05) is 6.61 Å². The van der Waals surface area contributed by atoms with Crippen LogP contribution in [0.2, 0.25) is 0 Å². The molecule has 0 aliphatic carbocycles. The fraction of sp³-hybridized carbons (Fsp3) is 0.375. The highest BCUT2D eigenvalue weighted by atomic mass is 16.5. The summed E-state index contributed by atoms with van der Waals surface area (Å²) in [7, 11) is 0. The summed E-state index contributed by atoms with van der Waals surface area (Å²) in [6, 6.07) is 7.78. The van der Waals surface area contributed by atoms with Crippen LogP contribution in [0.4, 0.5) is 0 Å². The van der Waals surface area contributed by atoms with E-state index in [-0.39, 0.29) is 6.23 Å². The van der Waals surface area contributed by atoms with Crippen molar-refractivity contribution < 1.29 is 9.15 Å². The molecule has 1 atom stereocenters. The summed E-state index contributed by atoms with van der Waals surface area (Å²) in [5.74, 6) is 2.43. The van der Waals surface area contributed by atoms with Gasteiger partial charge >= 0.3 is 0 Å². The van der Waals surface area contributed by atoms with Gasteiger partial charge in [-0.25, -0.2) is 9.97 Å². The summed E-state index contributed by atoms with van der Waals surface area (Å²) in [6.07, 6.45) is 5.04. The number of imidazole rings is 1. The van der Waals surface area contributed by atoms with Gasteiger partial charge in [-0.1, -0.05) is 0 Å². The summed E-state index contributed by atoms with van der Waals surface area (Å²) in [5, 5.41) is 0. The first-order valence-corrected chi connectivity index (χ1v) is 7.34. The molecule has 5 nitrogen and oxygen atoms in total. The van der Waals surface area contributed by atoms with Gasteiger partial charge in [0.25, 0.3) is 0 Å². The first kappa shape index (κ1) is 12.6. The number of pyridine rings is 1. The van der Waals surface area contributed by atoms with Gasteiger partial charge in [0.15, 0.2) is 17.2 Å². The van der Waals surface area contributed by atoms with Crippen LogP contribution in [-0.2, 0) is 4.74 Å². The van der Waals surface area contributed by atoms with E-state index in [9.17, 15) is 0 Å². The highest BCUT2D eigenvalue weighted by Gasteiger charge is 2.24. The summed E-state index contributed by atoms with van der Waals surface area (Å²) in [4.78, 5) is 9.19. The quantitative estimate of drug-likeness (QED) is 0.719. The number of rotatable bonds is 2. The molecule has 0 N–H and O–H groups in total. The van der Waals surface area contributed by atoms with Crippen molar-refractivity contribution in [3.8, 4) is 11.6 Å². The fourth-order valence-corrected chi connectivity index (χ4v) is 2.86. The lowest BCUT2D eigenvalue weighted by Gasteiger charge is -2.25. The molecule has 1 fully saturated rings. The third-order valence-electron chi connectivity index (χ3n) is 3.85. The molecule has 0 aromatic carbocycles. The van der Waals surface area contributed by atoms with E-state index in [4.69, 9.17) is 14.1 Å². The molecule has 1 aliphatic heterocycles. The van der Waals surface area contributed by atoms with Crippen molar-refractivity contribution in [1.29, 1.82) is 0 Å². The molecule has 1 unspecified atom stereocenters. The maximum absolute atomic E-state index is 5.94. The molecule has 0 amide bonds. The molecule has 4 heterocycles. The number of aryl methyl sites for hydroxylation is 1. The van der Waals surface area contributed by atoms with Crippen LogP contribution in [-0.4, -0.2) is 21.1 Å². The lowest BCUT2D eigenvalue weighted by atomic mass is 10.2. The normalized spacial score (nSPS) is 19.2. The molecule has 108 valence electrons. The van der Waals surface area contributed by atoms with E-state index >= 15 is 0 Å². The van der Waals surface area contributed by atoms with Crippen molar-refractivity contribution in [2.24, 2.45) is 0 Å². The third kappa shape index (κ3) is 2.14. The first-order chi connectivity index (χ1) is 10.3. The fourth-order valence-electron chi connectivity index (χ4n) is 2.86. The van der Waals surface area contributed by atoms with Crippen LogP contribution in [0.3, 0.4) is 0 Å². The maximum atomic E-state index is 5.94. The second kappa shape index (κ2) is 5.00. The van der Waals surface area contributed by atoms with Crippen LogP contribution < -0.4 is 0 Å². The van der Waals surface area contributed by atoms with Crippen molar-refractivity contribution in [1.82, 2.24) is 14.5 Å². The zero-order valence-corrected chi connectivity index (χ0v) is 12.0. The molecule has 0 spiro atoms. The number of hydrogen-bond acceptors (Lipinski definition) is 4. The molecule has 1 aliphatic rings. The van der Waals surface area contributed by atoms with Crippen molar-refractivity contribution in [3.63, 3.8) is 0 Å².